The molecule has 0 aliphatic rings. The lowest BCUT2D eigenvalue weighted by atomic mass is 10.3. The van der Waals surface area contributed by atoms with E-state index in [4.69, 9.17) is 5.26 Å². The van der Waals surface area contributed by atoms with E-state index in [-0.39, 0.29) is 19.0 Å². The first kappa shape index (κ1) is 11.7. The first-order valence-electron chi connectivity index (χ1n) is 4.61. The van der Waals surface area contributed by atoms with Crippen LogP contribution in [0.1, 0.15) is 10.4 Å². The van der Waals surface area contributed by atoms with Crippen LogP contribution in [-0.2, 0) is 11.3 Å². The van der Waals surface area contributed by atoms with Gasteiger partial charge in [-0.3, -0.25) is 4.79 Å². The molecule has 0 aromatic carbocycles. The van der Waals surface area contributed by atoms with Crippen molar-refractivity contribution in [2.24, 2.45) is 0 Å². The molecule has 15 heavy (non-hydrogen) atoms. The van der Waals surface area contributed by atoms with Gasteiger partial charge < -0.3 is 10.6 Å². The number of hydrogen-bond acceptors (Lipinski definition) is 4. The third kappa shape index (κ3) is 4.11. The molecule has 0 aliphatic heterocycles. The van der Waals surface area contributed by atoms with Gasteiger partial charge in [-0.2, -0.15) is 5.26 Å². The standard InChI is InChI=1S/C10H13N3OS/c1-8-2-5-15-9(8)6-12-7-10(14)13-4-3-11/h2,5,12H,4,6-7H2,1H3,(H,13,14). The number of carbonyl (C=O) groups is 1. The van der Waals surface area contributed by atoms with Crippen molar-refractivity contribution in [3.05, 3.63) is 21.9 Å². The van der Waals surface area contributed by atoms with E-state index < -0.39 is 0 Å². The van der Waals surface area contributed by atoms with Gasteiger partial charge in [0.25, 0.3) is 0 Å². The summed E-state index contributed by atoms with van der Waals surface area (Å²) in [5, 5.41) is 15.8. The maximum absolute atomic E-state index is 11.1. The molecule has 0 radical (unpaired) electrons. The zero-order valence-electron chi connectivity index (χ0n) is 8.54. The summed E-state index contributed by atoms with van der Waals surface area (Å²) in [6.45, 7) is 3.06. The average Bonchev–Trinajstić information content (AvgIpc) is 2.61. The summed E-state index contributed by atoms with van der Waals surface area (Å²) in [4.78, 5) is 12.3. The fraction of sp³-hybridized carbons (Fsp3) is 0.400. The number of hydrogen-bond donors (Lipinski definition) is 2. The van der Waals surface area contributed by atoms with Crippen LogP contribution in [0.15, 0.2) is 11.4 Å². The Balaban J connectivity index is 2.20. The van der Waals surface area contributed by atoms with E-state index in [1.54, 1.807) is 11.3 Å². The highest BCUT2D eigenvalue weighted by Crippen LogP contribution is 2.14. The van der Waals surface area contributed by atoms with Gasteiger partial charge in [0.15, 0.2) is 0 Å². The highest BCUT2D eigenvalue weighted by molar-refractivity contribution is 7.10. The van der Waals surface area contributed by atoms with Crippen molar-refractivity contribution >= 4 is 17.2 Å². The summed E-state index contributed by atoms with van der Waals surface area (Å²) in [7, 11) is 0. The van der Waals surface area contributed by atoms with Crippen molar-refractivity contribution in [1.29, 1.82) is 5.26 Å². The molecule has 1 heterocycles. The molecule has 1 aromatic rings. The summed E-state index contributed by atoms with van der Waals surface area (Å²) in [6.07, 6.45) is 0. The fourth-order valence-electron chi connectivity index (χ4n) is 1.08. The molecular weight excluding hydrogens is 210 g/mol. The van der Waals surface area contributed by atoms with Gasteiger partial charge in [-0.05, 0) is 23.9 Å². The quantitative estimate of drug-likeness (QED) is 0.725. The van der Waals surface area contributed by atoms with Crippen LogP contribution in [0.2, 0.25) is 0 Å². The van der Waals surface area contributed by atoms with Gasteiger partial charge in [-0.25, -0.2) is 0 Å². The summed E-state index contributed by atoms with van der Waals surface area (Å²) < 4.78 is 0. The summed E-state index contributed by atoms with van der Waals surface area (Å²) in [5.41, 5.74) is 1.24. The third-order valence-corrected chi connectivity index (χ3v) is 2.93. The molecule has 0 unspecified atom stereocenters. The van der Waals surface area contributed by atoms with Crippen molar-refractivity contribution < 1.29 is 4.79 Å². The molecule has 0 saturated carbocycles. The van der Waals surface area contributed by atoms with Crippen LogP contribution in [0, 0.1) is 18.3 Å². The maximum Gasteiger partial charge on any atom is 0.234 e. The van der Waals surface area contributed by atoms with E-state index in [0.29, 0.717) is 6.54 Å². The zero-order chi connectivity index (χ0) is 11.1. The van der Waals surface area contributed by atoms with Gasteiger partial charge in [-0.15, -0.1) is 11.3 Å². The Kier molecular flexibility index (Phi) is 4.81. The second kappa shape index (κ2) is 6.17. The van der Waals surface area contributed by atoms with Crippen molar-refractivity contribution in [2.45, 2.75) is 13.5 Å². The molecule has 0 bridgehead atoms. The first-order valence-corrected chi connectivity index (χ1v) is 5.49. The second-order valence-corrected chi connectivity index (χ2v) is 4.07. The smallest absolute Gasteiger partial charge is 0.234 e. The molecule has 0 spiro atoms. The number of rotatable bonds is 5. The predicted molar refractivity (Wildman–Crippen MR) is 59.4 cm³/mol. The molecule has 0 aliphatic carbocycles. The van der Waals surface area contributed by atoms with Gasteiger partial charge in [-0.1, -0.05) is 0 Å². The van der Waals surface area contributed by atoms with E-state index in [2.05, 4.69) is 16.7 Å². The number of nitrogens with zero attached hydrogens (tertiary/aromatic N) is 1. The number of carbonyl (C=O) groups excluding carboxylic acids is 1. The van der Waals surface area contributed by atoms with E-state index in [1.165, 1.54) is 10.4 Å². The van der Waals surface area contributed by atoms with Crippen LogP contribution in [0.5, 0.6) is 0 Å². The number of nitriles is 1. The SMILES string of the molecule is Cc1ccsc1CNCC(=O)NCC#N. The normalized spacial score (nSPS) is 9.60. The van der Waals surface area contributed by atoms with Crippen LogP contribution in [0.3, 0.4) is 0 Å². The van der Waals surface area contributed by atoms with E-state index >= 15 is 0 Å². The minimum Gasteiger partial charge on any atom is -0.342 e. The van der Waals surface area contributed by atoms with Crippen LogP contribution in [0.25, 0.3) is 0 Å². The molecule has 0 atom stereocenters. The summed E-state index contributed by atoms with van der Waals surface area (Å²) >= 11 is 1.67. The topological polar surface area (TPSA) is 64.9 Å². The van der Waals surface area contributed by atoms with Crippen molar-refractivity contribution in [2.75, 3.05) is 13.1 Å². The van der Waals surface area contributed by atoms with Gasteiger partial charge in [0.1, 0.15) is 6.54 Å². The van der Waals surface area contributed by atoms with Gasteiger partial charge in [0.2, 0.25) is 5.91 Å². The third-order valence-electron chi connectivity index (χ3n) is 1.90. The first-order chi connectivity index (χ1) is 7.24. The predicted octanol–water partition coefficient (Wildman–Crippen LogP) is 0.786. The number of aryl methyl sites for hydroxylation is 1. The van der Waals surface area contributed by atoms with Gasteiger partial charge >= 0.3 is 0 Å². The molecule has 0 fully saturated rings. The lowest BCUT2D eigenvalue weighted by molar-refractivity contribution is -0.120. The highest BCUT2D eigenvalue weighted by atomic mass is 32.1. The van der Waals surface area contributed by atoms with E-state index in [0.717, 1.165) is 0 Å². The van der Waals surface area contributed by atoms with Crippen LogP contribution in [-0.4, -0.2) is 19.0 Å². The van der Waals surface area contributed by atoms with E-state index in [1.807, 2.05) is 18.4 Å². The largest absolute Gasteiger partial charge is 0.342 e. The monoisotopic (exact) mass is 223 g/mol. The summed E-state index contributed by atoms with van der Waals surface area (Å²) in [6, 6.07) is 3.91. The Morgan fingerprint density at radius 1 is 1.67 bits per heavy atom. The molecule has 2 N–H and O–H groups in total. The number of thiophene rings is 1. The van der Waals surface area contributed by atoms with Crippen LogP contribution in [0.4, 0.5) is 0 Å². The second-order valence-electron chi connectivity index (χ2n) is 3.07. The Labute approximate surface area is 92.9 Å². The summed E-state index contributed by atoms with van der Waals surface area (Å²) in [5.74, 6) is -0.147. The minimum atomic E-state index is -0.147. The Bertz CT molecular complexity index is 367. The van der Waals surface area contributed by atoms with Crippen LogP contribution >= 0.6 is 11.3 Å². The molecule has 5 heteroatoms. The van der Waals surface area contributed by atoms with Gasteiger partial charge in [0, 0.05) is 11.4 Å². The van der Waals surface area contributed by atoms with Gasteiger partial charge in [0.05, 0.1) is 12.6 Å². The molecule has 80 valence electrons. The minimum absolute atomic E-state index is 0.0680. The number of nitrogens with one attached hydrogen (secondary N) is 2. The fourth-order valence-corrected chi connectivity index (χ4v) is 1.95. The average molecular weight is 223 g/mol. The Hall–Kier alpha value is -1.38. The Morgan fingerprint density at radius 2 is 2.47 bits per heavy atom. The molecule has 1 aromatic heterocycles. The highest BCUT2D eigenvalue weighted by Gasteiger charge is 2.01. The lowest BCUT2D eigenvalue weighted by Crippen LogP contribution is -2.33. The molecular formula is C10H13N3OS. The molecule has 1 amide bonds. The molecule has 0 saturated heterocycles. The molecule has 4 nitrogen and oxygen atoms in total. The zero-order valence-corrected chi connectivity index (χ0v) is 9.36. The van der Waals surface area contributed by atoms with Crippen molar-refractivity contribution in [3.8, 4) is 6.07 Å². The van der Waals surface area contributed by atoms with Crippen molar-refractivity contribution in [1.82, 2.24) is 10.6 Å². The molecule has 1 rings (SSSR count). The maximum atomic E-state index is 11.1. The van der Waals surface area contributed by atoms with Crippen molar-refractivity contribution in [3.63, 3.8) is 0 Å². The van der Waals surface area contributed by atoms with E-state index in [9.17, 15) is 4.79 Å². The lowest BCUT2D eigenvalue weighted by Gasteiger charge is -2.03. The Morgan fingerprint density at radius 3 is 3.07 bits per heavy atom. The van der Waals surface area contributed by atoms with Crippen LogP contribution < -0.4 is 10.6 Å². The number of amides is 1.